The van der Waals surface area contributed by atoms with Gasteiger partial charge in [-0.15, -0.1) is 0 Å². The molecule has 2 aromatic rings. The molecular weight excluding hydrogens is 347 g/mol. The average molecular weight is 372 g/mol. The molecular formula is C20H25FN4O2. The van der Waals surface area contributed by atoms with E-state index in [1.165, 1.54) is 12.1 Å². The summed E-state index contributed by atoms with van der Waals surface area (Å²) < 4.78 is 21.2. The van der Waals surface area contributed by atoms with Gasteiger partial charge in [0.05, 0.1) is 24.6 Å². The van der Waals surface area contributed by atoms with Gasteiger partial charge in [-0.3, -0.25) is 4.79 Å². The van der Waals surface area contributed by atoms with Crippen LogP contribution in [0.3, 0.4) is 0 Å². The number of piperidine rings is 1. The van der Waals surface area contributed by atoms with Crippen LogP contribution in [-0.4, -0.2) is 58.7 Å². The third kappa shape index (κ3) is 3.83. The van der Waals surface area contributed by atoms with Crippen LogP contribution in [0.25, 0.3) is 0 Å². The predicted octanol–water partition coefficient (Wildman–Crippen LogP) is 2.31. The number of hydrogen-bond acceptors (Lipinski definition) is 4. The molecule has 1 aromatic heterocycles. The quantitative estimate of drug-likeness (QED) is 0.827. The van der Waals surface area contributed by atoms with Gasteiger partial charge in [0.1, 0.15) is 12.4 Å². The number of benzene rings is 1. The molecule has 1 atom stereocenters. The number of carbonyl (C=O) groups is 1. The lowest BCUT2D eigenvalue weighted by atomic mass is 9.87. The summed E-state index contributed by atoms with van der Waals surface area (Å²) >= 11 is 0. The number of anilines is 1. The van der Waals surface area contributed by atoms with Crippen molar-refractivity contribution >= 4 is 11.6 Å². The Morgan fingerprint density at radius 1 is 1.33 bits per heavy atom. The molecule has 2 fully saturated rings. The Kier molecular flexibility index (Phi) is 4.86. The van der Waals surface area contributed by atoms with Crippen molar-refractivity contribution in [3.63, 3.8) is 0 Å². The molecule has 0 radical (unpaired) electrons. The zero-order valence-electron chi connectivity index (χ0n) is 15.6. The van der Waals surface area contributed by atoms with Crippen LogP contribution in [0.2, 0.25) is 0 Å². The molecule has 4 rings (SSSR count). The Balaban J connectivity index is 1.32. The van der Waals surface area contributed by atoms with E-state index >= 15 is 0 Å². The minimum Gasteiger partial charge on any atom is -0.373 e. The molecule has 0 saturated carbocycles. The van der Waals surface area contributed by atoms with Crippen LogP contribution in [0.1, 0.15) is 19.3 Å². The molecule has 7 heteroatoms. The van der Waals surface area contributed by atoms with Gasteiger partial charge in [0, 0.05) is 38.2 Å². The fraction of sp³-hybridized carbons (Fsp3) is 0.500. The number of likely N-dealkylation sites (tertiary alicyclic amines) is 1. The first-order chi connectivity index (χ1) is 13.0. The maximum atomic E-state index is 13.2. The van der Waals surface area contributed by atoms with Gasteiger partial charge in [-0.25, -0.2) is 9.37 Å². The maximum absolute atomic E-state index is 13.2. The van der Waals surface area contributed by atoms with E-state index in [9.17, 15) is 9.18 Å². The fourth-order valence-electron chi connectivity index (χ4n) is 4.10. The zero-order valence-corrected chi connectivity index (χ0v) is 15.6. The summed E-state index contributed by atoms with van der Waals surface area (Å²) in [6.07, 6.45) is 7.80. The first kappa shape index (κ1) is 18.0. The summed E-state index contributed by atoms with van der Waals surface area (Å²) in [5, 5.41) is 0. The number of ether oxygens (including phenoxy) is 1. The lowest BCUT2D eigenvalue weighted by Gasteiger charge is -2.39. The van der Waals surface area contributed by atoms with Crippen LogP contribution in [0, 0.1) is 5.82 Å². The van der Waals surface area contributed by atoms with E-state index in [0.29, 0.717) is 13.2 Å². The lowest BCUT2D eigenvalue weighted by Crippen LogP contribution is -2.47. The Bertz CT molecular complexity index is 770. The highest BCUT2D eigenvalue weighted by Gasteiger charge is 2.44. The number of aromatic nitrogens is 2. The second-order valence-electron chi connectivity index (χ2n) is 7.56. The first-order valence-electron chi connectivity index (χ1n) is 9.41. The van der Waals surface area contributed by atoms with E-state index in [1.807, 2.05) is 11.9 Å². The molecule has 2 aliphatic rings. The van der Waals surface area contributed by atoms with Gasteiger partial charge in [0.2, 0.25) is 5.91 Å². The summed E-state index contributed by atoms with van der Waals surface area (Å²) in [5.74, 6) is -0.0974. The van der Waals surface area contributed by atoms with Gasteiger partial charge >= 0.3 is 0 Å². The van der Waals surface area contributed by atoms with Gasteiger partial charge < -0.3 is 19.1 Å². The highest BCUT2D eigenvalue weighted by Crippen LogP contribution is 2.38. The van der Waals surface area contributed by atoms with Gasteiger partial charge in [-0.05, 0) is 43.5 Å². The van der Waals surface area contributed by atoms with Crippen molar-refractivity contribution in [2.75, 3.05) is 31.6 Å². The number of amides is 1. The molecule has 0 unspecified atom stereocenters. The van der Waals surface area contributed by atoms with Crippen molar-refractivity contribution in [1.82, 2.24) is 14.5 Å². The van der Waals surface area contributed by atoms with Crippen molar-refractivity contribution in [2.45, 2.75) is 37.5 Å². The monoisotopic (exact) mass is 372 g/mol. The minimum atomic E-state index is -0.223. The van der Waals surface area contributed by atoms with Crippen LogP contribution < -0.4 is 4.90 Å². The van der Waals surface area contributed by atoms with Crippen LogP contribution in [0.5, 0.6) is 0 Å². The lowest BCUT2D eigenvalue weighted by molar-refractivity contribution is -0.136. The molecule has 1 amide bonds. The largest absolute Gasteiger partial charge is 0.373 e. The van der Waals surface area contributed by atoms with Crippen molar-refractivity contribution in [1.29, 1.82) is 0 Å². The summed E-state index contributed by atoms with van der Waals surface area (Å²) in [4.78, 5) is 20.5. The smallest absolute Gasteiger partial charge is 0.242 e. The standard InChI is InChI=1S/C20H25FN4O2/c1-23(17-4-2-16(21)3-5-17)18-12-20(27-14-18)6-9-25(10-7-20)19(26)13-24-11-8-22-15-24/h2-5,8,11,15,18H,6-7,9-10,12-14H2,1H3/t18-/m0/s1. The van der Waals surface area contributed by atoms with Crippen LogP contribution in [0.4, 0.5) is 10.1 Å². The van der Waals surface area contributed by atoms with Gasteiger partial charge in [0.25, 0.3) is 0 Å². The van der Waals surface area contributed by atoms with E-state index in [-0.39, 0.29) is 23.4 Å². The third-order valence-corrected chi connectivity index (χ3v) is 5.88. The molecule has 0 aliphatic carbocycles. The van der Waals surface area contributed by atoms with E-state index in [2.05, 4.69) is 9.88 Å². The number of carbonyl (C=O) groups excluding carboxylic acids is 1. The number of likely N-dealkylation sites (N-methyl/N-ethyl adjacent to an activating group) is 1. The molecule has 27 heavy (non-hydrogen) atoms. The van der Waals surface area contributed by atoms with Crippen molar-refractivity contribution in [2.24, 2.45) is 0 Å². The SMILES string of the molecule is CN(c1ccc(F)cc1)[C@@H]1COC2(CCN(C(=O)Cn3ccnc3)CC2)C1. The Hall–Kier alpha value is -2.41. The van der Waals surface area contributed by atoms with E-state index in [0.717, 1.165) is 38.0 Å². The molecule has 1 aromatic carbocycles. The van der Waals surface area contributed by atoms with E-state index in [1.54, 1.807) is 35.4 Å². The fourth-order valence-corrected chi connectivity index (χ4v) is 4.10. The Morgan fingerprint density at radius 3 is 2.74 bits per heavy atom. The molecule has 144 valence electrons. The third-order valence-electron chi connectivity index (χ3n) is 5.88. The van der Waals surface area contributed by atoms with Crippen LogP contribution in [-0.2, 0) is 16.1 Å². The number of hydrogen-bond donors (Lipinski definition) is 0. The van der Waals surface area contributed by atoms with Crippen molar-refractivity contribution in [3.05, 3.63) is 48.8 Å². The number of halogens is 1. The van der Waals surface area contributed by atoms with Crippen molar-refractivity contribution in [3.8, 4) is 0 Å². The average Bonchev–Trinajstić information content (AvgIpc) is 3.33. The Labute approximate surface area is 158 Å². The summed E-state index contributed by atoms with van der Waals surface area (Å²) in [7, 11) is 2.03. The summed E-state index contributed by atoms with van der Waals surface area (Å²) in [6.45, 7) is 2.45. The van der Waals surface area contributed by atoms with E-state index in [4.69, 9.17) is 4.74 Å². The number of imidazole rings is 1. The number of rotatable bonds is 4. The molecule has 1 spiro atoms. The molecule has 0 N–H and O–H groups in total. The summed E-state index contributed by atoms with van der Waals surface area (Å²) in [5.41, 5.74) is 0.847. The first-order valence-corrected chi connectivity index (χ1v) is 9.41. The molecule has 6 nitrogen and oxygen atoms in total. The predicted molar refractivity (Wildman–Crippen MR) is 99.9 cm³/mol. The second kappa shape index (κ2) is 7.31. The Morgan fingerprint density at radius 2 is 2.07 bits per heavy atom. The van der Waals surface area contributed by atoms with Crippen LogP contribution in [0.15, 0.2) is 43.0 Å². The molecule has 2 aliphatic heterocycles. The van der Waals surface area contributed by atoms with Gasteiger partial charge in [0.15, 0.2) is 0 Å². The maximum Gasteiger partial charge on any atom is 0.242 e. The highest BCUT2D eigenvalue weighted by atomic mass is 19.1. The molecule has 2 saturated heterocycles. The van der Waals surface area contributed by atoms with Gasteiger partial charge in [-0.2, -0.15) is 0 Å². The minimum absolute atomic E-state index is 0.126. The molecule has 0 bridgehead atoms. The van der Waals surface area contributed by atoms with Crippen LogP contribution >= 0.6 is 0 Å². The summed E-state index contributed by atoms with van der Waals surface area (Å²) in [6, 6.07) is 6.85. The van der Waals surface area contributed by atoms with Crippen molar-refractivity contribution < 1.29 is 13.9 Å². The number of nitrogens with zero attached hydrogens (tertiary/aromatic N) is 4. The normalized spacial score (nSPS) is 21.6. The topological polar surface area (TPSA) is 50.6 Å². The highest BCUT2D eigenvalue weighted by molar-refractivity contribution is 5.76. The second-order valence-corrected chi connectivity index (χ2v) is 7.56. The zero-order chi connectivity index (χ0) is 18.9. The molecule has 3 heterocycles. The van der Waals surface area contributed by atoms with E-state index < -0.39 is 0 Å². The van der Waals surface area contributed by atoms with Gasteiger partial charge in [-0.1, -0.05) is 0 Å².